The highest BCUT2D eigenvalue weighted by Gasteiger charge is 2.24. The molecule has 1 unspecified atom stereocenters. The standard InChI is InChI=1S/C20H20Cl2N8O6/c1-30(6-11-18(34)28-16-13(25-11)15(23)27-20(24)29-16)14-8(21)4-7(5-9(14)22)17(33)26-10(19(35)36)2-3-12(31)32/h4-5,10H,2-3,6H2,1H3,(H,26,33)(H,31,32)(H,35,36)(H5,23,24,27,28,29,34). The van der Waals surface area contributed by atoms with Crippen LogP contribution in [0.3, 0.4) is 0 Å². The van der Waals surface area contributed by atoms with Crippen LogP contribution in [0.15, 0.2) is 16.9 Å². The van der Waals surface area contributed by atoms with Gasteiger partial charge in [0.1, 0.15) is 17.3 Å². The number of carbonyl (C=O) groups is 3. The van der Waals surface area contributed by atoms with Crippen LogP contribution in [0.25, 0.3) is 11.2 Å². The van der Waals surface area contributed by atoms with Crippen LogP contribution in [0.5, 0.6) is 0 Å². The molecule has 1 aromatic carbocycles. The summed E-state index contributed by atoms with van der Waals surface area (Å²) in [4.78, 5) is 63.1. The fourth-order valence-corrected chi connectivity index (χ4v) is 4.07. The number of nitrogen functional groups attached to an aromatic ring is 2. The monoisotopic (exact) mass is 538 g/mol. The number of hydrogen-bond donors (Lipinski definition) is 6. The summed E-state index contributed by atoms with van der Waals surface area (Å²) in [5.41, 5.74) is 11.3. The Hall–Kier alpha value is -4.17. The van der Waals surface area contributed by atoms with Gasteiger partial charge in [0.05, 0.1) is 22.3 Å². The Bertz CT molecular complexity index is 1410. The molecule has 2 heterocycles. The molecule has 8 N–H and O–H groups in total. The summed E-state index contributed by atoms with van der Waals surface area (Å²) in [7, 11) is 1.58. The number of rotatable bonds is 9. The number of halogens is 2. The van der Waals surface area contributed by atoms with E-state index in [1.165, 1.54) is 17.0 Å². The molecule has 0 fully saturated rings. The average molecular weight is 539 g/mol. The van der Waals surface area contributed by atoms with Gasteiger partial charge in [-0.15, -0.1) is 0 Å². The van der Waals surface area contributed by atoms with Gasteiger partial charge in [-0.3, -0.25) is 14.4 Å². The van der Waals surface area contributed by atoms with Crippen LogP contribution in [0, 0.1) is 0 Å². The number of aliphatic carboxylic acids is 2. The third kappa shape index (κ3) is 5.90. The molecular weight excluding hydrogens is 519 g/mol. The van der Waals surface area contributed by atoms with Crippen molar-refractivity contribution >= 4 is 69.7 Å². The SMILES string of the molecule is CN(Cc1nc2c(N)nc(N)nc2[nH]c1=O)c1c(Cl)cc(C(=O)NC(CCC(=O)O)C(=O)O)cc1Cl. The lowest BCUT2D eigenvalue weighted by atomic mass is 10.1. The van der Waals surface area contributed by atoms with Crippen LogP contribution in [0.4, 0.5) is 17.5 Å². The Balaban J connectivity index is 1.85. The second kappa shape index (κ2) is 10.6. The molecule has 0 saturated heterocycles. The molecular formula is C20H20Cl2N8O6. The number of H-pyrrole nitrogens is 1. The molecule has 16 heteroatoms. The fraction of sp³-hybridized carbons (Fsp3) is 0.250. The van der Waals surface area contributed by atoms with Gasteiger partial charge in [-0.1, -0.05) is 23.2 Å². The van der Waals surface area contributed by atoms with E-state index in [0.717, 1.165) is 0 Å². The molecule has 1 atom stereocenters. The number of anilines is 3. The number of nitrogens with one attached hydrogen (secondary N) is 2. The maximum Gasteiger partial charge on any atom is 0.326 e. The summed E-state index contributed by atoms with van der Waals surface area (Å²) in [5.74, 6) is -3.55. The molecule has 1 amide bonds. The Labute approximate surface area is 212 Å². The molecule has 0 aliphatic rings. The predicted octanol–water partition coefficient (Wildman–Crippen LogP) is 0.869. The minimum atomic E-state index is -1.43. The maximum absolute atomic E-state index is 12.6. The van der Waals surface area contributed by atoms with Crippen molar-refractivity contribution in [1.82, 2.24) is 25.3 Å². The van der Waals surface area contributed by atoms with E-state index >= 15 is 0 Å². The van der Waals surface area contributed by atoms with Crippen molar-refractivity contribution in [1.29, 1.82) is 0 Å². The van der Waals surface area contributed by atoms with Crippen molar-refractivity contribution < 1.29 is 24.6 Å². The molecule has 0 spiro atoms. The molecule has 0 aliphatic heterocycles. The lowest BCUT2D eigenvalue weighted by Crippen LogP contribution is -2.41. The number of nitrogens with zero attached hydrogens (tertiary/aromatic N) is 4. The second-order valence-corrected chi connectivity index (χ2v) is 8.43. The third-order valence-corrected chi connectivity index (χ3v) is 5.54. The first-order valence-corrected chi connectivity index (χ1v) is 10.9. The first kappa shape index (κ1) is 26.4. The van der Waals surface area contributed by atoms with Crippen LogP contribution in [0.2, 0.25) is 10.0 Å². The summed E-state index contributed by atoms with van der Waals surface area (Å²) in [6, 6.07) is 1.10. The van der Waals surface area contributed by atoms with Crippen LogP contribution >= 0.6 is 23.2 Å². The quantitative estimate of drug-likeness (QED) is 0.222. The Morgan fingerprint density at radius 3 is 2.36 bits per heavy atom. The van der Waals surface area contributed by atoms with Crippen molar-refractivity contribution in [3.05, 3.63) is 43.8 Å². The Kier molecular flexibility index (Phi) is 7.80. The molecule has 3 rings (SSSR count). The number of carboxylic acid groups (broad SMARTS) is 2. The van der Waals surface area contributed by atoms with Crippen molar-refractivity contribution in [3.63, 3.8) is 0 Å². The highest BCUT2D eigenvalue weighted by molar-refractivity contribution is 6.39. The zero-order valence-electron chi connectivity index (χ0n) is 18.6. The van der Waals surface area contributed by atoms with E-state index in [1.54, 1.807) is 7.05 Å². The smallest absolute Gasteiger partial charge is 0.326 e. The number of fused-ring (bicyclic) bond motifs is 1. The lowest BCUT2D eigenvalue weighted by Gasteiger charge is -2.22. The van der Waals surface area contributed by atoms with Crippen LogP contribution in [-0.2, 0) is 16.1 Å². The summed E-state index contributed by atoms with van der Waals surface area (Å²) in [5, 5.41) is 20.3. The van der Waals surface area contributed by atoms with Crippen LogP contribution < -0.4 is 27.2 Å². The van der Waals surface area contributed by atoms with Crippen molar-refractivity contribution in [2.45, 2.75) is 25.4 Å². The van der Waals surface area contributed by atoms with Gasteiger partial charge in [-0.25, -0.2) is 9.78 Å². The number of aromatic amines is 1. The average Bonchev–Trinajstić information content (AvgIpc) is 2.76. The van der Waals surface area contributed by atoms with Crippen molar-refractivity contribution in [2.24, 2.45) is 0 Å². The van der Waals surface area contributed by atoms with Gasteiger partial charge >= 0.3 is 11.9 Å². The molecule has 36 heavy (non-hydrogen) atoms. The molecule has 0 bridgehead atoms. The van der Waals surface area contributed by atoms with E-state index in [9.17, 15) is 24.3 Å². The normalized spacial score (nSPS) is 11.8. The van der Waals surface area contributed by atoms with Gasteiger partial charge in [-0.2, -0.15) is 9.97 Å². The molecule has 14 nitrogen and oxygen atoms in total. The molecule has 0 aliphatic carbocycles. The van der Waals surface area contributed by atoms with Gasteiger partial charge in [-0.05, 0) is 18.6 Å². The van der Waals surface area contributed by atoms with Gasteiger partial charge in [0, 0.05) is 19.0 Å². The van der Waals surface area contributed by atoms with Gasteiger partial charge < -0.3 is 36.9 Å². The largest absolute Gasteiger partial charge is 0.481 e. The van der Waals surface area contributed by atoms with Crippen molar-refractivity contribution in [2.75, 3.05) is 23.4 Å². The van der Waals surface area contributed by atoms with E-state index in [2.05, 4.69) is 25.3 Å². The number of aromatic nitrogens is 4. The minimum absolute atomic E-state index is 0.0212. The minimum Gasteiger partial charge on any atom is -0.481 e. The molecule has 2 aromatic heterocycles. The maximum atomic E-state index is 12.6. The fourth-order valence-electron chi connectivity index (χ4n) is 3.29. The first-order chi connectivity index (χ1) is 16.9. The van der Waals surface area contributed by atoms with E-state index in [0.29, 0.717) is 0 Å². The molecule has 3 aromatic rings. The van der Waals surface area contributed by atoms with Gasteiger partial charge in [0.2, 0.25) is 5.95 Å². The molecule has 0 radical (unpaired) electrons. The molecule has 0 saturated carbocycles. The van der Waals surface area contributed by atoms with Gasteiger partial charge in [0.15, 0.2) is 11.5 Å². The highest BCUT2D eigenvalue weighted by atomic mass is 35.5. The van der Waals surface area contributed by atoms with Crippen molar-refractivity contribution in [3.8, 4) is 0 Å². The number of hydrogen-bond acceptors (Lipinski definition) is 10. The van der Waals surface area contributed by atoms with Crippen LogP contribution in [0.1, 0.15) is 28.9 Å². The van der Waals surface area contributed by atoms with Crippen LogP contribution in [-0.4, -0.2) is 61.1 Å². The lowest BCUT2D eigenvalue weighted by molar-refractivity contribution is -0.140. The van der Waals surface area contributed by atoms with E-state index in [-0.39, 0.29) is 62.9 Å². The predicted molar refractivity (Wildman–Crippen MR) is 131 cm³/mol. The summed E-state index contributed by atoms with van der Waals surface area (Å²) >= 11 is 12.7. The zero-order valence-corrected chi connectivity index (χ0v) is 20.1. The zero-order chi connectivity index (χ0) is 26.7. The van der Waals surface area contributed by atoms with Gasteiger partial charge in [0.25, 0.3) is 11.5 Å². The number of carbonyl (C=O) groups excluding carboxylic acids is 1. The third-order valence-electron chi connectivity index (χ3n) is 4.97. The van der Waals surface area contributed by atoms with E-state index in [4.69, 9.17) is 39.8 Å². The summed E-state index contributed by atoms with van der Waals surface area (Å²) in [6.07, 6.45) is -0.760. The highest BCUT2D eigenvalue weighted by Crippen LogP contribution is 2.35. The number of carboxylic acids is 2. The summed E-state index contributed by atoms with van der Waals surface area (Å²) < 4.78 is 0. The van der Waals surface area contributed by atoms with E-state index < -0.39 is 35.9 Å². The number of benzene rings is 1. The van der Waals surface area contributed by atoms with E-state index in [1.807, 2.05) is 0 Å². The number of nitrogens with two attached hydrogens (primary N) is 2. The molecule has 190 valence electrons. The number of amides is 1. The Morgan fingerprint density at radius 2 is 1.78 bits per heavy atom. The summed E-state index contributed by atoms with van der Waals surface area (Å²) in [6.45, 7) is -0.0731. The Morgan fingerprint density at radius 1 is 1.14 bits per heavy atom. The topological polar surface area (TPSA) is 231 Å². The second-order valence-electron chi connectivity index (χ2n) is 7.62. The first-order valence-electron chi connectivity index (χ1n) is 10.1.